The van der Waals surface area contributed by atoms with Gasteiger partial charge >= 0.3 is 12.0 Å². The van der Waals surface area contributed by atoms with Crippen LogP contribution in [0, 0.1) is 13.8 Å². The number of aromatic nitrogens is 2. The number of halogens is 1. The second-order valence-electron chi connectivity index (χ2n) is 4.89. The lowest BCUT2D eigenvalue weighted by Gasteiger charge is -2.11. The van der Waals surface area contributed by atoms with E-state index in [0.717, 1.165) is 12.1 Å². The highest BCUT2D eigenvalue weighted by Gasteiger charge is 2.24. The van der Waals surface area contributed by atoms with Crippen molar-refractivity contribution in [2.75, 3.05) is 5.32 Å². The Hall–Kier alpha value is -2.53. The van der Waals surface area contributed by atoms with Crippen molar-refractivity contribution in [1.82, 2.24) is 14.7 Å². The van der Waals surface area contributed by atoms with Crippen LogP contribution in [-0.2, 0) is 10.0 Å². The van der Waals surface area contributed by atoms with Gasteiger partial charge in [0, 0.05) is 0 Å². The number of amides is 2. The third-order valence-corrected chi connectivity index (χ3v) is 5.58. The minimum Gasteiger partial charge on any atom is -0.478 e. The molecule has 0 unspecified atom stereocenters. The van der Waals surface area contributed by atoms with Gasteiger partial charge in [-0.05, 0) is 41.9 Å². The van der Waals surface area contributed by atoms with Crippen LogP contribution < -0.4 is 10.0 Å². The van der Waals surface area contributed by atoms with Crippen LogP contribution in [0.25, 0.3) is 0 Å². The van der Waals surface area contributed by atoms with Gasteiger partial charge in [-0.15, -0.1) is 0 Å². The van der Waals surface area contributed by atoms with Crippen LogP contribution in [0.1, 0.15) is 21.7 Å². The zero-order chi connectivity index (χ0) is 18.8. The second-order valence-corrected chi connectivity index (χ2v) is 7.34. The molecule has 0 saturated carbocycles. The van der Waals surface area contributed by atoms with E-state index in [2.05, 4.69) is 31.2 Å². The molecular formula is C14H13BrN4O5S. The largest absolute Gasteiger partial charge is 0.478 e. The minimum absolute atomic E-state index is 0.0857. The number of hydrogen-bond acceptors (Lipinski definition) is 6. The molecule has 2 aromatic rings. The van der Waals surface area contributed by atoms with E-state index in [-0.39, 0.29) is 5.95 Å². The molecular weight excluding hydrogens is 416 g/mol. The van der Waals surface area contributed by atoms with Crippen LogP contribution in [0.15, 0.2) is 33.6 Å². The zero-order valence-corrected chi connectivity index (χ0v) is 15.5. The van der Waals surface area contributed by atoms with Gasteiger partial charge in [0.15, 0.2) is 0 Å². The average Bonchev–Trinajstić information content (AvgIpc) is 2.51. The van der Waals surface area contributed by atoms with E-state index in [1.165, 1.54) is 12.1 Å². The van der Waals surface area contributed by atoms with E-state index in [1.807, 2.05) is 0 Å². The van der Waals surface area contributed by atoms with E-state index in [9.17, 15) is 18.0 Å². The number of nitrogens with one attached hydrogen (secondary N) is 2. The standard InChI is InChI=1S/C14H13BrN4O5S/c1-7-11(15)8(2)17-13(16-7)18-14(22)19-25(23,24)10-6-4-3-5-9(10)12(20)21/h3-6H,1-2H3,(H,20,21)(H2,16,17,18,19,22). The maximum atomic E-state index is 12.3. The lowest BCUT2D eigenvalue weighted by molar-refractivity contribution is 0.0692. The minimum atomic E-state index is -4.39. The van der Waals surface area contributed by atoms with Gasteiger partial charge in [0.1, 0.15) is 4.90 Å². The first-order valence-corrected chi connectivity index (χ1v) is 9.06. The fourth-order valence-corrected chi connectivity index (χ4v) is 3.23. The summed E-state index contributed by atoms with van der Waals surface area (Å²) in [6.45, 7) is 3.36. The summed E-state index contributed by atoms with van der Waals surface area (Å²) >= 11 is 3.28. The Bertz CT molecular complexity index is 938. The summed E-state index contributed by atoms with van der Waals surface area (Å²) in [6, 6.07) is 3.83. The number of urea groups is 1. The number of carboxylic acid groups (broad SMARTS) is 1. The van der Waals surface area contributed by atoms with Gasteiger partial charge in [-0.1, -0.05) is 12.1 Å². The maximum Gasteiger partial charge on any atom is 0.337 e. The zero-order valence-electron chi connectivity index (χ0n) is 13.1. The normalized spacial score (nSPS) is 11.0. The highest BCUT2D eigenvalue weighted by molar-refractivity contribution is 9.10. The molecule has 0 aliphatic carbocycles. The average molecular weight is 429 g/mol. The van der Waals surface area contributed by atoms with Crippen LogP contribution in [0.2, 0.25) is 0 Å². The number of benzene rings is 1. The highest BCUT2D eigenvalue weighted by Crippen LogP contribution is 2.19. The Morgan fingerprint density at radius 3 is 2.24 bits per heavy atom. The molecule has 0 fully saturated rings. The second kappa shape index (κ2) is 7.15. The number of nitrogens with zero attached hydrogens (tertiary/aromatic N) is 2. The molecule has 0 saturated heterocycles. The molecule has 0 spiro atoms. The Kier molecular flexibility index (Phi) is 5.38. The van der Waals surface area contributed by atoms with E-state index in [4.69, 9.17) is 5.11 Å². The third kappa shape index (κ3) is 4.31. The van der Waals surface area contributed by atoms with Gasteiger partial charge in [0.25, 0.3) is 10.0 Å². The van der Waals surface area contributed by atoms with Crippen LogP contribution in [0.5, 0.6) is 0 Å². The highest BCUT2D eigenvalue weighted by atomic mass is 79.9. The van der Waals surface area contributed by atoms with Crippen LogP contribution in [0.4, 0.5) is 10.7 Å². The molecule has 1 heterocycles. The third-order valence-electron chi connectivity index (χ3n) is 3.04. The van der Waals surface area contributed by atoms with E-state index in [1.54, 1.807) is 18.6 Å². The monoisotopic (exact) mass is 428 g/mol. The van der Waals surface area contributed by atoms with Crippen molar-refractivity contribution in [3.63, 3.8) is 0 Å². The summed E-state index contributed by atoms with van der Waals surface area (Å²) < 4.78 is 26.9. The Morgan fingerprint density at radius 2 is 1.68 bits per heavy atom. The number of carbonyl (C=O) groups excluding carboxylic acids is 1. The van der Waals surface area contributed by atoms with Crippen molar-refractivity contribution < 1.29 is 23.1 Å². The number of hydrogen-bond donors (Lipinski definition) is 3. The summed E-state index contributed by atoms with van der Waals surface area (Å²) in [5.41, 5.74) is 0.665. The molecule has 132 valence electrons. The first-order chi connectivity index (χ1) is 11.6. The molecule has 3 N–H and O–H groups in total. The molecule has 1 aromatic carbocycles. The summed E-state index contributed by atoms with van der Waals surface area (Å²) in [6.07, 6.45) is 0. The van der Waals surface area contributed by atoms with Crippen LogP contribution in [-0.4, -0.2) is 35.5 Å². The fraction of sp³-hybridized carbons (Fsp3) is 0.143. The molecule has 9 nitrogen and oxygen atoms in total. The predicted molar refractivity (Wildman–Crippen MR) is 91.9 cm³/mol. The smallest absolute Gasteiger partial charge is 0.337 e. The molecule has 1 aromatic heterocycles. The van der Waals surface area contributed by atoms with Crippen molar-refractivity contribution in [1.29, 1.82) is 0 Å². The number of anilines is 1. The number of sulfonamides is 1. The van der Waals surface area contributed by atoms with Crippen LogP contribution in [0.3, 0.4) is 0 Å². The van der Waals surface area contributed by atoms with Gasteiger partial charge in [-0.25, -0.2) is 32.7 Å². The summed E-state index contributed by atoms with van der Waals surface area (Å²) in [5, 5.41) is 11.3. The van der Waals surface area contributed by atoms with Gasteiger partial charge in [0.05, 0.1) is 21.4 Å². The summed E-state index contributed by atoms with van der Waals surface area (Å²) in [7, 11) is -4.39. The van der Waals surface area contributed by atoms with Crippen molar-refractivity contribution in [2.24, 2.45) is 0 Å². The Balaban J connectivity index is 2.24. The summed E-state index contributed by atoms with van der Waals surface area (Å²) in [5.74, 6) is -1.51. The number of aromatic carboxylic acids is 1. The van der Waals surface area contributed by atoms with Crippen molar-refractivity contribution >= 4 is 43.9 Å². The Morgan fingerprint density at radius 1 is 1.12 bits per heavy atom. The summed E-state index contributed by atoms with van der Waals surface area (Å²) in [4.78, 5) is 30.6. The molecule has 0 aliphatic heterocycles. The number of rotatable bonds is 4. The molecule has 0 atom stereocenters. The molecule has 0 aliphatic rings. The fourth-order valence-electron chi connectivity index (χ4n) is 1.94. The molecule has 25 heavy (non-hydrogen) atoms. The van der Waals surface area contributed by atoms with Gasteiger partial charge < -0.3 is 5.11 Å². The topological polar surface area (TPSA) is 138 Å². The first-order valence-electron chi connectivity index (χ1n) is 6.78. The molecule has 2 rings (SSSR count). The number of carboxylic acids is 1. The van der Waals surface area contributed by atoms with Gasteiger partial charge in [-0.3, -0.25) is 5.32 Å². The molecule has 2 amide bonds. The predicted octanol–water partition coefficient (Wildman–Crippen LogP) is 2.06. The van der Waals surface area contributed by atoms with Crippen molar-refractivity contribution in [3.8, 4) is 0 Å². The molecule has 0 bridgehead atoms. The van der Waals surface area contributed by atoms with Gasteiger partial charge in [0.2, 0.25) is 5.95 Å². The maximum absolute atomic E-state index is 12.3. The SMILES string of the molecule is Cc1nc(NC(=O)NS(=O)(=O)c2ccccc2C(=O)O)nc(C)c1Br. The van der Waals surface area contributed by atoms with Crippen LogP contribution >= 0.6 is 15.9 Å². The van der Waals surface area contributed by atoms with Crippen molar-refractivity contribution in [2.45, 2.75) is 18.7 Å². The lowest BCUT2D eigenvalue weighted by atomic mass is 10.2. The van der Waals surface area contributed by atoms with Gasteiger partial charge in [-0.2, -0.15) is 0 Å². The number of carbonyl (C=O) groups is 2. The van der Waals surface area contributed by atoms with E-state index < -0.39 is 32.5 Å². The number of aryl methyl sites for hydroxylation is 2. The molecule has 0 radical (unpaired) electrons. The first kappa shape index (κ1) is 18.8. The van der Waals surface area contributed by atoms with Crippen molar-refractivity contribution in [3.05, 3.63) is 45.7 Å². The molecule has 11 heteroatoms. The quantitative estimate of drug-likeness (QED) is 0.676. The lowest BCUT2D eigenvalue weighted by Crippen LogP contribution is -2.35. The Labute approximate surface area is 151 Å². The van der Waals surface area contributed by atoms with E-state index >= 15 is 0 Å². The van der Waals surface area contributed by atoms with E-state index in [0.29, 0.717) is 15.9 Å².